The molecule has 94 valence electrons. The van der Waals surface area contributed by atoms with E-state index in [1.807, 2.05) is 19.2 Å². The molecule has 0 bridgehead atoms. The third kappa shape index (κ3) is 4.56. The topological polar surface area (TPSA) is 93.9 Å². The molecule has 0 spiro atoms. The van der Waals surface area contributed by atoms with Gasteiger partial charge in [0.25, 0.3) is 5.09 Å². The molecule has 0 saturated carbocycles. The van der Waals surface area contributed by atoms with Gasteiger partial charge in [0.05, 0.1) is 0 Å². The minimum absolute atomic E-state index is 0.352. The Morgan fingerprint density at radius 1 is 1.47 bits per heavy atom. The largest absolute Gasteiger partial charge is 0.454 e. The highest BCUT2D eigenvalue weighted by molar-refractivity contribution is 5.44. The second-order valence-electron chi connectivity index (χ2n) is 3.28. The quantitative estimate of drug-likeness (QED) is 0.602. The SMILES string of the molecule is CNCCc1ccc2c(c1)OCO2.O=[N+]([O-])O. The van der Waals surface area contributed by atoms with E-state index in [4.69, 9.17) is 24.8 Å². The molecule has 2 N–H and O–H groups in total. The van der Waals surface area contributed by atoms with Crippen LogP contribution in [-0.2, 0) is 6.42 Å². The fraction of sp³-hybridized carbons (Fsp3) is 0.400. The maximum absolute atomic E-state index is 8.36. The predicted molar refractivity (Wildman–Crippen MR) is 59.0 cm³/mol. The van der Waals surface area contributed by atoms with Crippen LogP contribution >= 0.6 is 0 Å². The van der Waals surface area contributed by atoms with Crippen LogP contribution in [0.5, 0.6) is 11.5 Å². The molecule has 0 atom stereocenters. The van der Waals surface area contributed by atoms with Crippen molar-refractivity contribution < 1.29 is 19.8 Å². The summed E-state index contributed by atoms with van der Waals surface area (Å²) in [5.74, 6) is 1.72. The Morgan fingerprint density at radius 2 is 2.12 bits per heavy atom. The van der Waals surface area contributed by atoms with Crippen LogP contribution in [0.3, 0.4) is 0 Å². The second-order valence-corrected chi connectivity index (χ2v) is 3.28. The summed E-state index contributed by atoms with van der Waals surface area (Å²) >= 11 is 0. The first kappa shape index (κ1) is 13.0. The number of likely N-dealkylation sites (N-methyl/N-ethyl adjacent to an activating group) is 1. The molecule has 0 saturated heterocycles. The molecule has 7 nitrogen and oxygen atoms in total. The molecule has 0 radical (unpaired) electrons. The average molecular weight is 242 g/mol. The van der Waals surface area contributed by atoms with Crippen LogP contribution in [0, 0.1) is 10.1 Å². The van der Waals surface area contributed by atoms with E-state index in [-0.39, 0.29) is 0 Å². The molecule has 1 heterocycles. The minimum Gasteiger partial charge on any atom is -0.454 e. The summed E-state index contributed by atoms with van der Waals surface area (Å²) in [7, 11) is 1.95. The lowest BCUT2D eigenvalue weighted by molar-refractivity contribution is -0.742. The van der Waals surface area contributed by atoms with Gasteiger partial charge in [-0.1, -0.05) is 6.07 Å². The second kappa shape index (κ2) is 6.54. The van der Waals surface area contributed by atoms with Gasteiger partial charge in [-0.2, -0.15) is 0 Å². The van der Waals surface area contributed by atoms with Crippen molar-refractivity contribution in [1.29, 1.82) is 0 Å². The van der Waals surface area contributed by atoms with E-state index in [9.17, 15) is 0 Å². The van der Waals surface area contributed by atoms with E-state index in [1.165, 1.54) is 5.56 Å². The first-order valence-electron chi connectivity index (χ1n) is 5.00. The lowest BCUT2D eigenvalue weighted by Gasteiger charge is -2.01. The number of hydrogen-bond donors (Lipinski definition) is 2. The van der Waals surface area contributed by atoms with Gasteiger partial charge in [-0.25, -0.2) is 0 Å². The van der Waals surface area contributed by atoms with Crippen molar-refractivity contribution in [3.05, 3.63) is 33.9 Å². The zero-order valence-corrected chi connectivity index (χ0v) is 9.38. The van der Waals surface area contributed by atoms with E-state index in [0.717, 1.165) is 24.5 Å². The van der Waals surface area contributed by atoms with Gasteiger partial charge in [0.1, 0.15) is 0 Å². The van der Waals surface area contributed by atoms with Gasteiger partial charge in [0, 0.05) is 0 Å². The van der Waals surface area contributed by atoms with Gasteiger partial charge < -0.3 is 20.0 Å². The maximum atomic E-state index is 8.36. The Hall–Kier alpha value is -2.02. The van der Waals surface area contributed by atoms with Crippen LogP contribution in [0.2, 0.25) is 0 Å². The maximum Gasteiger partial charge on any atom is 0.291 e. The third-order valence-corrected chi connectivity index (χ3v) is 2.10. The number of hydrogen-bond acceptors (Lipinski definition) is 5. The summed E-state index contributed by atoms with van der Waals surface area (Å²) in [4.78, 5) is 8.36. The van der Waals surface area contributed by atoms with Crippen molar-refractivity contribution in [2.24, 2.45) is 0 Å². The van der Waals surface area contributed by atoms with Crippen molar-refractivity contribution in [3.8, 4) is 11.5 Å². The van der Waals surface area contributed by atoms with Crippen LogP contribution in [0.4, 0.5) is 0 Å². The van der Waals surface area contributed by atoms with Gasteiger partial charge in [0.2, 0.25) is 6.79 Å². The molecule has 2 rings (SSSR count). The summed E-state index contributed by atoms with van der Waals surface area (Å²) in [6.45, 7) is 1.34. The monoisotopic (exact) mass is 242 g/mol. The molecule has 1 aliphatic heterocycles. The summed E-state index contributed by atoms with van der Waals surface area (Å²) in [6, 6.07) is 6.08. The minimum atomic E-state index is -1.50. The standard InChI is InChI=1S/C10H13NO2.HNO3/c1-11-5-4-8-2-3-9-10(6-8)13-7-12-9;2-1(3)4/h2-3,6,11H,4-5,7H2,1H3;(H,2,3,4). The Kier molecular flexibility index (Phi) is 5.02. The molecule has 1 aromatic rings. The summed E-state index contributed by atoms with van der Waals surface area (Å²) in [5.41, 5.74) is 1.28. The Morgan fingerprint density at radius 3 is 2.76 bits per heavy atom. The number of fused-ring (bicyclic) bond motifs is 1. The molecule has 1 aromatic carbocycles. The first-order chi connectivity index (χ1) is 8.13. The number of benzene rings is 1. The van der Waals surface area contributed by atoms with E-state index in [1.54, 1.807) is 0 Å². The predicted octanol–water partition coefficient (Wildman–Crippen LogP) is 0.829. The molecule has 0 aliphatic carbocycles. The fourth-order valence-corrected chi connectivity index (χ4v) is 1.37. The normalized spacial score (nSPS) is 11.6. The number of nitrogens with one attached hydrogen (secondary N) is 1. The van der Waals surface area contributed by atoms with Gasteiger partial charge in [-0.05, 0) is 37.7 Å². The van der Waals surface area contributed by atoms with Crippen molar-refractivity contribution in [3.63, 3.8) is 0 Å². The van der Waals surface area contributed by atoms with E-state index in [2.05, 4.69) is 11.4 Å². The molecule has 0 aromatic heterocycles. The number of rotatable bonds is 3. The zero-order valence-electron chi connectivity index (χ0n) is 9.38. The third-order valence-electron chi connectivity index (χ3n) is 2.10. The van der Waals surface area contributed by atoms with Crippen molar-refractivity contribution >= 4 is 0 Å². The highest BCUT2D eigenvalue weighted by Gasteiger charge is 2.12. The number of ether oxygens (including phenoxy) is 2. The Bertz CT molecular complexity index is 379. The fourth-order valence-electron chi connectivity index (χ4n) is 1.37. The van der Waals surface area contributed by atoms with Crippen molar-refractivity contribution in [2.75, 3.05) is 20.4 Å². The molecule has 7 heteroatoms. The van der Waals surface area contributed by atoms with E-state index >= 15 is 0 Å². The van der Waals surface area contributed by atoms with Gasteiger partial charge in [-0.15, -0.1) is 10.1 Å². The van der Waals surface area contributed by atoms with Gasteiger partial charge >= 0.3 is 0 Å². The van der Waals surface area contributed by atoms with Crippen molar-refractivity contribution in [1.82, 2.24) is 5.32 Å². The van der Waals surface area contributed by atoms with Crippen molar-refractivity contribution in [2.45, 2.75) is 6.42 Å². The van der Waals surface area contributed by atoms with Crippen LogP contribution in [0.25, 0.3) is 0 Å². The molecular weight excluding hydrogens is 228 g/mol. The molecular formula is C10H14N2O5. The summed E-state index contributed by atoms with van der Waals surface area (Å²) in [5, 5.41) is 16.8. The molecule has 17 heavy (non-hydrogen) atoms. The van der Waals surface area contributed by atoms with Crippen LogP contribution in [-0.4, -0.2) is 30.7 Å². The average Bonchev–Trinajstić information content (AvgIpc) is 2.72. The van der Waals surface area contributed by atoms with Gasteiger partial charge in [-0.3, -0.25) is 0 Å². The number of nitrogens with zero attached hydrogens (tertiary/aromatic N) is 1. The van der Waals surface area contributed by atoms with E-state index < -0.39 is 5.09 Å². The Labute approximate surface area is 98.1 Å². The smallest absolute Gasteiger partial charge is 0.291 e. The summed E-state index contributed by atoms with van der Waals surface area (Å²) < 4.78 is 10.5. The summed E-state index contributed by atoms with van der Waals surface area (Å²) in [6.07, 6.45) is 1.02. The van der Waals surface area contributed by atoms with Crippen LogP contribution in [0.15, 0.2) is 18.2 Å². The van der Waals surface area contributed by atoms with Crippen LogP contribution < -0.4 is 14.8 Å². The van der Waals surface area contributed by atoms with E-state index in [0.29, 0.717) is 6.79 Å². The Balaban J connectivity index is 0.000000317. The first-order valence-corrected chi connectivity index (χ1v) is 5.00. The molecule has 0 unspecified atom stereocenters. The molecule has 0 fully saturated rings. The highest BCUT2D eigenvalue weighted by Crippen LogP contribution is 2.32. The van der Waals surface area contributed by atoms with Gasteiger partial charge in [0.15, 0.2) is 11.5 Å². The molecule has 1 aliphatic rings. The molecule has 0 amide bonds. The zero-order chi connectivity index (χ0) is 12.7. The lowest BCUT2D eigenvalue weighted by atomic mass is 10.1. The van der Waals surface area contributed by atoms with Crippen LogP contribution in [0.1, 0.15) is 5.56 Å². The lowest BCUT2D eigenvalue weighted by Crippen LogP contribution is -2.10. The highest BCUT2D eigenvalue weighted by atomic mass is 16.9.